The van der Waals surface area contributed by atoms with Crippen molar-refractivity contribution in [3.05, 3.63) is 58.3 Å². The zero-order valence-electron chi connectivity index (χ0n) is 12.9. The Morgan fingerprint density at radius 3 is 2.59 bits per heavy atom. The van der Waals surface area contributed by atoms with E-state index in [4.69, 9.17) is 0 Å². The minimum absolute atomic E-state index is 0. The first-order chi connectivity index (χ1) is 10.4. The largest absolute Gasteiger partial charge is 0.357 e. The van der Waals surface area contributed by atoms with E-state index in [0.29, 0.717) is 0 Å². The van der Waals surface area contributed by atoms with Crippen LogP contribution in [0, 0.1) is 0 Å². The molecule has 1 aromatic heterocycles. The van der Waals surface area contributed by atoms with Gasteiger partial charge >= 0.3 is 0 Å². The van der Waals surface area contributed by atoms with Crippen LogP contribution in [0.1, 0.15) is 23.8 Å². The number of rotatable bonds is 7. The van der Waals surface area contributed by atoms with Crippen LogP contribution in [-0.4, -0.2) is 19.0 Å². The van der Waals surface area contributed by atoms with Crippen LogP contribution >= 0.6 is 35.3 Å². The molecule has 2 aromatic rings. The quantitative estimate of drug-likeness (QED) is 0.302. The summed E-state index contributed by atoms with van der Waals surface area (Å²) >= 11 is 1.75. The van der Waals surface area contributed by atoms with Gasteiger partial charge in [-0.05, 0) is 36.8 Å². The number of thiophene rings is 1. The summed E-state index contributed by atoms with van der Waals surface area (Å²) in [6.45, 7) is 4.65. The van der Waals surface area contributed by atoms with E-state index in [1.165, 1.54) is 10.4 Å². The Morgan fingerprint density at radius 1 is 1.09 bits per heavy atom. The van der Waals surface area contributed by atoms with Crippen LogP contribution in [0.25, 0.3) is 0 Å². The molecular weight excluding hydrogens is 405 g/mol. The molecule has 22 heavy (non-hydrogen) atoms. The fraction of sp³-hybridized carbons (Fsp3) is 0.353. The molecular formula is C17H24IN3S. The summed E-state index contributed by atoms with van der Waals surface area (Å²) in [4.78, 5) is 5.89. The molecule has 0 saturated carbocycles. The third-order valence-corrected chi connectivity index (χ3v) is 3.96. The Kier molecular flexibility index (Phi) is 9.90. The van der Waals surface area contributed by atoms with Crippen LogP contribution in [0.2, 0.25) is 0 Å². The van der Waals surface area contributed by atoms with Gasteiger partial charge in [-0.3, -0.25) is 0 Å². The maximum absolute atomic E-state index is 4.61. The number of aliphatic imine (C=N–C) groups is 1. The Balaban J connectivity index is 0.00000242. The number of nitrogens with zero attached hydrogens (tertiary/aromatic N) is 1. The first-order valence-corrected chi connectivity index (χ1v) is 8.35. The maximum atomic E-state index is 4.61. The lowest BCUT2D eigenvalue weighted by Crippen LogP contribution is -2.37. The highest BCUT2D eigenvalue weighted by atomic mass is 127. The minimum Gasteiger partial charge on any atom is -0.357 e. The van der Waals surface area contributed by atoms with Gasteiger partial charge in [-0.15, -0.1) is 35.3 Å². The first kappa shape index (κ1) is 19.0. The van der Waals surface area contributed by atoms with Gasteiger partial charge in [-0.1, -0.05) is 36.4 Å². The standard InChI is InChI=1S/C17H23N3S.HI/c1-2-18-17(20-14-16-11-7-13-21-16)19-12-6-10-15-8-4-3-5-9-15;/h3-5,7-9,11,13H,2,6,10,12,14H2,1H3,(H2,18,19,20);1H. The average Bonchev–Trinajstić information content (AvgIpc) is 3.03. The number of guanidine groups is 1. The van der Waals surface area contributed by atoms with Crippen LogP contribution in [0.5, 0.6) is 0 Å². The highest BCUT2D eigenvalue weighted by molar-refractivity contribution is 14.0. The zero-order chi connectivity index (χ0) is 14.8. The first-order valence-electron chi connectivity index (χ1n) is 7.47. The van der Waals surface area contributed by atoms with E-state index in [9.17, 15) is 0 Å². The van der Waals surface area contributed by atoms with Gasteiger partial charge in [-0.2, -0.15) is 0 Å². The topological polar surface area (TPSA) is 36.4 Å². The van der Waals surface area contributed by atoms with Crippen LogP contribution < -0.4 is 10.6 Å². The second-order valence-electron chi connectivity index (χ2n) is 4.79. The Morgan fingerprint density at radius 2 is 1.91 bits per heavy atom. The van der Waals surface area contributed by atoms with Crippen molar-refractivity contribution in [2.45, 2.75) is 26.3 Å². The van der Waals surface area contributed by atoms with Crippen molar-refractivity contribution in [3.63, 3.8) is 0 Å². The molecule has 0 atom stereocenters. The van der Waals surface area contributed by atoms with E-state index in [1.54, 1.807) is 11.3 Å². The smallest absolute Gasteiger partial charge is 0.191 e. The second-order valence-corrected chi connectivity index (χ2v) is 5.82. The van der Waals surface area contributed by atoms with E-state index < -0.39 is 0 Å². The van der Waals surface area contributed by atoms with Crippen molar-refractivity contribution >= 4 is 41.3 Å². The molecule has 0 radical (unpaired) electrons. The van der Waals surface area contributed by atoms with Gasteiger partial charge in [0.2, 0.25) is 0 Å². The molecule has 0 aliphatic carbocycles. The van der Waals surface area contributed by atoms with Crippen LogP contribution in [0.15, 0.2) is 52.8 Å². The summed E-state index contributed by atoms with van der Waals surface area (Å²) in [5, 5.41) is 8.77. The number of aryl methyl sites for hydroxylation is 1. The van der Waals surface area contributed by atoms with E-state index in [-0.39, 0.29) is 24.0 Å². The fourth-order valence-electron chi connectivity index (χ4n) is 2.05. The maximum Gasteiger partial charge on any atom is 0.191 e. The molecule has 120 valence electrons. The minimum atomic E-state index is 0. The molecule has 3 nitrogen and oxygen atoms in total. The summed E-state index contributed by atoms with van der Waals surface area (Å²) in [5.41, 5.74) is 1.39. The van der Waals surface area contributed by atoms with Gasteiger partial charge in [0.15, 0.2) is 5.96 Å². The van der Waals surface area contributed by atoms with Gasteiger partial charge < -0.3 is 10.6 Å². The number of benzene rings is 1. The molecule has 2 rings (SSSR count). The van der Waals surface area contributed by atoms with Crippen molar-refractivity contribution < 1.29 is 0 Å². The molecule has 0 spiro atoms. The van der Waals surface area contributed by atoms with Gasteiger partial charge in [0.1, 0.15) is 0 Å². The van der Waals surface area contributed by atoms with E-state index >= 15 is 0 Å². The molecule has 1 heterocycles. The highest BCUT2D eigenvalue weighted by Crippen LogP contribution is 2.09. The van der Waals surface area contributed by atoms with Crippen molar-refractivity contribution in [2.75, 3.05) is 13.1 Å². The van der Waals surface area contributed by atoms with Crippen LogP contribution in [0.3, 0.4) is 0 Å². The lowest BCUT2D eigenvalue weighted by molar-refractivity contribution is 0.744. The second kappa shape index (κ2) is 11.5. The van der Waals surface area contributed by atoms with Gasteiger partial charge in [0.25, 0.3) is 0 Å². The van der Waals surface area contributed by atoms with Crippen molar-refractivity contribution in [1.29, 1.82) is 0 Å². The molecule has 0 saturated heterocycles. The third-order valence-electron chi connectivity index (χ3n) is 3.09. The van der Waals surface area contributed by atoms with Crippen molar-refractivity contribution in [3.8, 4) is 0 Å². The summed E-state index contributed by atoms with van der Waals surface area (Å²) in [7, 11) is 0. The SMILES string of the molecule is CCNC(=NCc1cccs1)NCCCc1ccccc1.I. The molecule has 0 bridgehead atoms. The lowest BCUT2D eigenvalue weighted by atomic mass is 10.1. The normalized spacial score (nSPS) is 10.9. The van der Waals surface area contributed by atoms with Crippen molar-refractivity contribution in [1.82, 2.24) is 10.6 Å². The van der Waals surface area contributed by atoms with Crippen molar-refractivity contribution in [2.24, 2.45) is 4.99 Å². The lowest BCUT2D eigenvalue weighted by Gasteiger charge is -2.11. The summed E-state index contributed by atoms with van der Waals surface area (Å²) in [6.07, 6.45) is 2.20. The number of hydrogen-bond donors (Lipinski definition) is 2. The molecule has 0 unspecified atom stereocenters. The van der Waals surface area contributed by atoms with E-state index in [2.05, 4.69) is 70.4 Å². The monoisotopic (exact) mass is 429 g/mol. The highest BCUT2D eigenvalue weighted by Gasteiger charge is 1.98. The molecule has 0 aliphatic heterocycles. The van der Waals surface area contributed by atoms with Crippen LogP contribution in [-0.2, 0) is 13.0 Å². The van der Waals surface area contributed by atoms with Gasteiger partial charge in [-0.25, -0.2) is 4.99 Å². The number of nitrogens with one attached hydrogen (secondary N) is 2. The predicted molar refractivity (Wildman–Crippen MR) is 107 cm³/mol. The average molecular weight is 429 g/mol. The molecule has 0 aliphatic rings. The van der Waals surface area contributed by atoms with E-state index in [0.717, 1.165) is 38.4 Å². The third kappa shape index (κ3) is 7.26. The molecule has 0 fully saturated rings. The summed E-state index contributed by atoms with van der Waals surface area (Å²) in [5.74, 6) is 0.902. The Hall–Kier alpha value is -1.08. The summed E-state index contributed by atoms with van der Waals surface area (Å²) < 4.78 is 0. The Labute approximate surface area is 154 Å². The molecule has 5 heteroatoms. The molecule has 1 aromatic carbocycles. The zero-order valence-corrected chi connectivity index (χ0v) is 16.1. The fourth-order valence-corrected chi connectivity index (χ4v) is 2.67. The predicted octanol–water partition coefficient (Wildman–Crippen LogP) is 4.05. The number of hydrogen-bond acceptors (Lipinski definition) is 2. The van der Waals surface area contributed by atoms with Gasteiger partial charge in [0, 0.05) is 18.0 Å². The molecule has 0 amide bonds. The van der Waals surface area contributed by atoms with Gasteiger partial charge in [0.05, 0.1) is 6.54 Å². The molecule has 2 N–H and O–H groups in total. The van der Waals surface area contributed by atoms with E-state index in [1.807, 2.05) is 0 Å². The summed E-state index contributed by atoms with van der Waals surface area (Å²) in [6, 6.07) is 14.8. The Bertz CT molecular complexity index is 526. The number of halogens is 1. The van der Waals surface area contributed by atoms with Crippen LogP contribution in [0.4, 0.5) is 0 Å².